The van der Waals surface area contributed by atoms with E-state index in [1.807, 2.05) is 0 Å². The summed E-state index contributed by atoms with van der Waals surface area (Å²) in [5, 5.41) is 52.0. The largest absolute Gasteiger partial charge is 0.507 e. The number of allylic oxidation sites excluding steroid dienone is 2. The molecule has 2 fully saturated rings. The second kappa shape index (κ2) is 21.9. The van der Waals surface area contributed by atoms with Crippen LogP contribution in [0.3, 0.4) is 0 Å². The van der Waals surface area contributed by atoms with Crippen molar-refractivity contribution in [3.8, 4) is 11.5 Å². The van der Waals surface area contributed by atoms with Gasteiger partial charge < -0.3 is 59.3 Å². The first-order chi connectivity index (χ1) is 36.0. The van der Waals surface area contributed by atoms with Crippen molar-refractivity contribution in [3.05, 3.63) is 79.5 Å². The normalized spacial score (nSPS) is 29.5. The van der Waals surface area contributed by atoms with Gasteiger partial charge in [-0.1, -0.05) is 59.8 Å². The summed E-state index contributed by atoms with van der Waals surface area (Å²) < 4.78 is 30.6. The first-order valence-corrected chi connectivity index (χ1v) is 25.3. The molecule has 22 nitrogen and oxygen atoms in total. The standard InChI is InChI=1S/C54H66N6O16/c1-24(2)22-59-15-17-60(18-16-59)31-20-33(61)39-35(21-31)74-48-40(56-39)36-37-44(64)30(8)47-38(36)49(66)54(9,76-47)72-19-14-34(71-10)27(5)46(75-53(70)52(69)55-32-23-73-58-51(32)68)29(7)43(63)28(6)42(62)25(3)12-11-13-26(4)50(67)57-41(48)45(37)65/h11-14,19-21,24-25,27-29,32,34,42-43,46,62-64,66H,15-18,22-23H2,1-10H3,(H,55,69)(H,57,67)(H,58,68)/b12-11+,19-14+,26-13-. The molecule has 76 heavy (non-hydrogen) atoms. The summed E-state index contributed by atoms with van der Waals surface area (Å²) in [7, 11) is 1.35. The van der Waals surface area contributed by atoms with Crippen LogP contribution in [0.1, 0.15) is 61.0 Å². The second-order valence-corrected chi connectivity index (χ2v) is 20.8. The minimum absolute atomic E-state index is 0.00226. The first-order valence-electron chi connectivity index (χ1n) is 25.3. The zero-order chi connectivity index (χ0) is 55.2. The minimum Gasteiger partial charge on any atom is -0.507 e. The number of benzene rings is 3. The molecule has 6 heterocycles. The molecular weight excluding hydrogens is 989 g/mol. The number of aromatic nitrogens is 1. The Morgan fingerprint density at radius 3 is 2.32 bits per heavy atom. The van der Waals surface area contributed by atoms with Crippen molar-refractivity contribution in [1.29, 1.82) is 0 Å². The number of aromatic hydroxyl groups is 1. The highest BCUT2D eigenvalue weighted by molar-refractivity contribution is 6.33. The Labute approximate surface area is 436 Å². The molecule has 7 N–H and O–H groups in total. The Morgan fingerprint density at radius 2 is 1.66 bits per heavy atom. The Bertz CT molecular complexity index is 3260. The number of nitrogens with one attached hydrogen (secondary N) is 3. The number of aliphatic hydroxyl groups excluding tert-OH is 3. The van der Waals surface area contributed by atoms with Gasteiger partial charge in [0, 0.05) is 105 Å². The van der Waals surface area contributed by atoms with Crippen LogP contribution in [0.5, 0.6) is 11.5 Å². The summed E-state index contributed by atoms with van der Waals surface area (Å²) in [4.78, 5) is 96.0. The van der Waals surface area contributed by atoms with E-state index in [2.05, 4.69) is 39.8 Å². The summed E-state index contributed by atoms with van der Waals surface area (Å²) in [5.41, 5.74) is 0.319. The van der Waals surface area contributed by atoms with Gasteiger partial charge in [0.05, 0.1) is 35.2 Å². The molecular formula is C54H66N6O16. The Balaban J connectivity index is 1.28. The number of amides is 3. The number of hydroxylamine groups is 1. The minimum atomic E-state index is -2.09. The zero-order valence-corrected chi connectivity index (χ0v) is 44.1. The van der Waals surface area contributed by atoms with Crippen LogP contribution in [-0.2, 0) is 38.2 Å². The lowest BCUT2D eigenvalue weighted by Gasteiger charge is -2.38. The van der Waals surface area contributed by atoms with Gasteiger partial charge in [-0.2, -0.15) is 0 Å². The smallest absolute Gasteiger partial charge is 0.397 e. The number of rotatable bonds is 6. The van der Waals surface area contributed by atoms with Crippen LogP contribution >= 0.6 is 0 Å². The third-order valence-electron chi connectivity index (χ3n) is 15.0. The Hall–Kier alpha value is -7.11. The molecule has 1 aromatic heterocycles. The molecule has 5 aliphatic heterocycles. The summed E-state index contributed by atoms with van der Waals surface area (Å²) in [5.74, 6) is -10.4. The maximum atomic E-state index is 15.0. The topological polar surface area (TPSA) is 298 Å². The van der Waals surface area contributed by atoms with Crippen molar-refractivity contribution >= 4 is 73.8 Å². The van der Waals surface area contributed by atoms with E-state index >= 15 is 0 Å². The van der Waals surface area contributed by atoms with E-state index < -0.39 is 112 Å². The summed E-state index contributed by atoms with van der Waals surface area (Å²) >= 11 is 0. The molecule has 0 aliphatic carbocycles. The average molecular weight is 1060 g/mol. The van der Waals surface area contributed by atoms with Crippen LogP contribution in [0.2, 0.25) is 0 Å². The molecule has 5 bridgehead atoms. The van der Waals surface area contributed by atoms with Crippen LogP contribution in [0.15, 0.2) is 62.3 Å². The van der Waals surface area contributed by atoms with Crippen LogP contribution in [0, 0.1) is 36.5 Å². The highest BCUT2D eigenvalue weighted by Crippen LogP contribution is 2.42. The molecule has 0 radical (unpaired) electrons. The summed E-state index contributed by atoms with van der Waals surface area (Å²) in [6.45, 7) is 18.5. The van der Waals surface area contributed by atoms with Crippen LogP contribution in [0.4, 0.5) is 11.4 Å². The first kappa shape index (κ1) is 55.1. The van der Waals surface area contributed by atoms with Crippen molar-refractivity contribution in [2.24, 2.45) is 29.6 Å². The van der Waals surface area contributed by atoms with E-state index in [1.165, 1.54) is 52.2 Å². The van der Waals surface area contributed by atoms with E-state index in [1.54, 1.807) is 39.8 Å². The van der Waals surface area contributed by atoms with Gasteiger partial charge in [0.2, 0.25) is 10.9 Å². The lowest BCUT2D eigenvalue weighted by atomic mass is 9.78. The molecule has 408 valence electrons. The van der Waals surface area contributed by atoms with Crippen molar-refractivity contribution in [3.63, 3.8) is 0 Å². The van der Waals surface area contributed by atoms with Crippen molar-refractivity contribution in [1.82, 2.24) is 20.7 Å². The van der Waals surface area contributed by atoms with Gasteiger partial charge in [0.25, 0.3) is 11.8 Å². The van der Waals surface area contributed by atoms with Gasteiger partial charge in [-0.3, -0.25) is 33.7 Å². The molecule has 0 saturated carbocycles. The molecule has 3 aromatic carbocycles. The van der Waals surface area contributed by atoms with Crippen molar-refractivity contribution in [2.45, 2.75) is 98.6 Å². The number of esters is 1. The fourth-order valence-corrected chi connectivity index (χ4v) is 10.4. The maximum Gasteiger partial charge on any atom is 0.397 e. The van der Waals surface area contributed by atoms with E-state index in [4.69, 9.17) is 33.2 Å². The molecule has 9 rings (SSSR count). The van der Waals surface area contributed by atoms with Crippen LogP contribution < -0.4 is 41.8 Å². The van der Waals surface area contributed by atoms with Gasteiger partial charge in [-0.05, 0) is 25.8 Å². The summed E-state index contributed by atoms with van der Waals surface area (Å²) in [6, 6.07) is 1.93. The predicted octanol–water partition coefficient (Wildman–Crippen LogP) is 2.86. The van der Waals surface area contributed by atoms with Gasteiger partial charge in [-0.15, -0.1) is 0 Å². The molecule has 10 unspecified atom stereocenters. The van der Waals surface area contributed by atoms with Gasteiger partial charge >= 0.3 is 17.7 Å². The number of fused-ring (bicyclic) bond motifs is 14. The lowest BCUT2D eigenvalue weighted by molar-refractivity contribution is -0.169. The van der Waals surface area contributed by atoms with Gasteiger partial charge in [-0.25, -0.2) is 15.3 Å². The van der Waals surface area contributed by atoms with E-state index in [0.717, 1.165) is 25.9 Å². The monoisotopic (exact) mass is 1050 g/mol. The van der Waals surface area contributed by atoms with Crippen molar-refractivity contribution in [2.75, 3.05) is 56.7 Å². The van der Waals surface area contributed by atoms with E-state index in [0.29, 0.717) is 24.7 Å². The maximum absolute atomic E-state index is 15.0. The number of ether oxygens (including phenoxy) is 4. The SMILES string of the molecule is COC1/C=C/OC2(C)Oc3c(C)c(O)c4c(=O)c(c5oc6cc(N7CCN(CC(C)C)CC7)cc(=O)c6nc5c4c3=C2O)NC(=O)/C(C)=C\C=C\C(C)C(O)C(C)C(O)C(C)C(OC(=O)C(=O)NC2CONC2=O)C1C. The van der Waals surface area contributed by atoms with Crippen LogP contribution in [-0.4, -0.2) is 137 Å². The molecule has 0 spiro atoms. The molecule has 10 atom stereocenters. The number of carbonyl (C=O) groups is 4. The number of phenolic OH excluding ortho intramolecular Hbond substituents is 1. The predicted molar refractivity (Wildman–Crippen MR) is 279 cm³/mol. The van der Waals surface area contributed by atoms with Crippen LogP contribution in [0.25, 0.3) is 38.7 Å². The number of methoxy groups -OCH3 is 1. The van der Waals surface area contributed by atoms with E-state index in [9.17, 15) is 49.2 Å². The highest BCUT2D eigenvalue weighted by Gasteiger charge is 2.45. The molecule has 22 heteroatoms. The third kappa shape index (κ3) is 10.4. The number of carbonyl (C=O) groups excluding carboxylic acids is 4. The van der Waals surface area contributed by atoms with Gasteiger partial charge in [0.15, 0.2) is 22.4 Å². The highest BCUT2D eigenvalue weighted by atomic mass is 16.7. The molecule has 4 aromatic rings. The lowest BCUT2D eigenvalue weighted by Crippen LogP contribution is -2.50. The number of aliphatic hydroxyl groups is 3. The number of hydrogen-bond donors (Lipinski definition) is 7. The zero-order valence-electron chi connectivity index (χ0n) is 44.1. The fourth-order valence-electron chi connectivity index (χ4n) is 10.4. The average Bonchev–Trinajstić information content (AvgIpc) is 4.02. The Kier molecular flexibility index (Phi) is 15.9. The molecule has 2 saturated heterocycles. The Morgan fingerprint density at radius 1 is 0.947 bits per heavy atom. The van der Waals surface area contributed by atoms with Crippen molar-refractivity contribution < 1.29 is 67.8 Å². The number of piperazine rings is 1. The molecule has 3 amide bonds. The molecule has 5 aliphatic rings. The number of nitrogens with zero attached hydrogens (tertiary/aromatic N) is 3. The quantitative estimate of drug-likeness (QED) is 0.0632. The van der Waals surface area contributed by atoms with E-state index in [-0.39, 0.29) is 61.7 Å². The van der Waals surface area contributed by atoms with Gasteiger partial charge in [0.1, 0.15) is 41.5 Å². The number of anilines is 2. The number of hydrogen-bond acceptors (Lipinski definition) is 19. The third-order valence-corrected chi connectivity index (χ3v) is 15.0. The summed E-state index contributed by atoms with van der Waals surface area (Å²) in [6.07, 6.45) is 2.17. The fraction of sp³-hybridized carbons (Fsp3) is 0.500. The second-order valence-electron chi connectivity index (χ2n) is 20.8. The number of phenols is 1.